The molecule has 1 saturated heterocycles. The van der Waals surface area contributed by atoms with Crippen LogP contribution in [0.2, 0.25) is 0 Å². The molecular formula is C17H18N6O2. The number of ether oxygens (including phenoxy) is 2. The number of rotatable bonds is 2. The summed E-state index contributed by atoms with van der Waals surface area (Å²) in [5.74, 6) is 2.56. The summed E-state index contributed by atoms with van der Waals surface area (Å²) < 4.78 is 10.9. The molecule has 8 heteroatoms. The van der Waals surface area contributed by atoms with Gasteiger partial charge in [-0.05, 0) is 37.5 Å². The molecule has 8 nitrogen and oxygen atoms in total. The van der Waals surface area contributed by atoms with Crippen molar-refractivity contribution in [2.24, 2.45) is 0 Å². The third kappa shape index (κ3) is 2.33. The molecule has 3 aromatic rings. The van der Waals surface area contributed by atoms with E-state index in [0.29, 0.717) is 23.2 Å². The Kier molecular flexibility index (Phi) is 3.16. The van der Waals surface area contributed by atoms with Crippen LogP contribution in [0.1, 0.15) is 19.3 Å². The summed E-state index contributed by atoms with van der Waals surface area (Å²) in [7, 11) is 0. The Morgan fingerprint density at radius 2 is 1.88 bits per heavy atom. The van der Waals surface area contributed by atoms with Crippen molar-refractivity contribution in [2.75, 3.05) is 30.5 Å². The fourth-order valence-electron chi connectivity index (χ4n) is 3.43. The molecule has 5 rings (SSSR count). The minimum absolute atomic E-state index is 0.241. The average molecular weight is 338 g/mol. The molecule has 0 amide bonds. The highest BCUT2D eigenvalue weighted by Gasteiger charge is 2.21. The van der Waals surface area contributed by atoms with Crippen LogP contribution in [0.25, 0.3) is 22.3 Å². The number of H-pyrrole nitrogens is 1. The first-order valence-corrected chi connectivity index (χ1v) is 8.46. The molecule has 0 bridgehead atoms. The molecule has 0 atom stereocenters. The number of aromatic nitrogens is 4. The summed E-state index contributed by atoms with van der Waals surface area (Å²) in [5, 5.41) is 7.77. The third-order valence-corrected chi connectivity index (χ3v) is 4.72. The number of fused-ring (bicyclic) bond motifs is 2. The number of benzene rings is 1. The minimum Gasteiger partial charge on any atom is -0.454 e. The maximum absolute atomic E-state index is 6.06. The van der Waals surface area contributed by atoms with Gasteiger partial charge in [0.25, 0.3) is 0 Å². The first kappa shape index (κ1) is 14.3. The van der Waals surface area contributed by atoms with Crippen LogP contribution in [0.15, 0.2) is 18.2 Å². The van der Waals surface area contributed by atoms with Crippen LogP contribution in [0, 0.1) is 0 Å². The first-order chi connectivity index (χ1) is 12.3. The average Bonchev–Trinajstić information content (AvgIpc) is 3.28. The second kappa shape index (κ2) is 5.51. The number of hydrogen-bond donors (Lipinski definition) is 2. The summed E-state index contributed by atoms with van der Waals surface area (Å²) >= 11 is 0. The van der Waals surface area contributed by atoms with E-state index >= 15 is 0 Å². The predicted molar refractivity (Wildman–Crippen MR) is 93.7 cm³/mol. The second-order valence-electron chi connectivity index (χ2n) is 6.32. The number of nitrogens with zero attached hydrogens (tertiary/aromatic N) is 4. The Morgan fingerprint density at radius 1 is 1.04 bits per heavy atom. The quantitative estimate of drug-likeness (QED) is 0.739. The van der Waals surface area contributed by atoms with E-state index in [1.807, 2.05) is 18.2 Å². The van der Waals surface area contributed by atoms with Crippen molar-refractivity contribution in [2.45, 2.75) is 19.3 Å². The van der Waals surface area contributed by atoms with Gasteiger partial charge in [0, 0.05) is 18.7 Å². The molecule has 128 valence electrons. The molecule has 2 aromatic heterocycles. The summed E-state index contributed by atoms with van der Waals surface area (Å²) in [6.07, 6.45) is 3.57. The molecule has 1 fully saturated rings. The Hall–Kier alpha value is -3.03. The van der Waals surface area contributed by atoms with Gasteiger partial charge < -0.3 is 20.1 Å². The van der Waals surface area contributed by atoms with Crippen molar-refractivity contribution >= 4 is 22.8 Å². The molecule has 0 aliphatic carbocycles. The molecule has 1 aromatic carbocycles. The Bertz CT molecular complexity index is 948. The van der Waals surface area contributed by atoms with E-state index in [9.17, 15) is 0 Å². The molecule has 2 aliphatic heterocycles. The van der Waals surface area contributed by atoms with E-state index in [-0.39, 0.29) is 6.79 Å². The summed E-state index contributed by atoms with van der Waals surface area (Å²) in [6, 6.07) is 5.78. The van der Waals surface area contributed by atoms with Crippen molar-refractivity contribution in [3.8, 4) is 22.8 Å². The predicted octanol–water partition coefficient (Wildman–Crippen LogP) is 2.32. The lowest BCUT2D eigenvalue weighted by molar-refractivity contribution is 0.174. The lowest BCUT2D eigenvalue weighted by atomic mass is 10.1. The van der Waals surface area contributed by atoms with Crippen LogP contribution in [0.5, 0.6) is 11.5 Å². The summed E-state index contributed by atoms with van der Waals surface area (Å²) in [4.78, 5) is 11.7. The van der Waals surface area contributed by atoms with Gasteiger partial charge in [-0.2, -0.15) is 10.1 Å². The van der Waals surface area contributed by atoms with Gasteiger partial charge in [0.2, 0.25) is 12.7 Å². The smallest absolute Gasteiger partial charge is 0.231 e. The second-order valence-corrected chi connectivity index (χ2v) is 6.32. The lowest BCUT2D eigenvalue weighted by Crippen LogP contribution is -2.31. The Morgan fingerprint density at radius 3 is 2.76 bits per heavy atom. The van der Waals surface area contributed by atoms with Crippen LogP contribution in [0.4, 0.5) is 11.8 Å². The highest BCUT2D eigenvalue weighted by Crippen LogP contribution is 2.38. The number of nitrogens with two attached hydrogens (primary N) is 1. The van der Waals surface area contributed by atoms with Crippen molar-refractivity contribution in [1.82, 2.24) is 20.2 Å². The van der Waals surface area contributed by atoms with Crippen molar-refractivity contribution in [3.63, 3.8) is 0 Å². The monoisotopic (exact) mass is 338 g/mol. The number of nitrogens with one attached hydrogen (secondary N) is 1. The molecule has 2 aliphatic rings. The van der Waals surface area contributed by atoms with E-state index in [0.717, 1.165) is 48.3 Å². The maximum Gasteiger partial charge on any atom is 0.231 e. The molecule has 0 spiro atoms. The SMILES string of the molecule is Nc1n[nH]c2nc(N3CCCCC3)nc(-c3ccc4c(c3)OCO4)c12. The number of nitrogen functional groups attached to an aromatic ring is 1. The van der Waals surface area contributed by atoms with Gasteiger partial charge >= 0.3 is 0 Å². The fourth-order valence-corrected chi connectivity index (χ4v) is 3.43. The van der Waals surface area contributed by atoms with Gasteiger partial charge in [-0.15, -0.1) is 0 Å². The van der Waals surface area contributed by atoms with Gasteiger partial charge in [-0.25, -0.2) is 4.98 Å². The first-order valence-electron chi connectivity index (χ1n) is 8.46. The van der Waals surface area contributed by atoms with Gasteiger partial charge in [0.05, 0.1) is 11.1 Å². The standard InChI is InChI=1S/C17H18N6O2/c18-15-13-14(10-4-5-11-12(8-10)25-9-24-11)19-17(20-16(13)22-21-15)23-6-2-1-3-7-23/h4-5,8H,1-3,6-7,9H2,(H3,18,19,20,21,22). The van der Waals surface area contributed by atoms with E-state index in [4.69, 9.17) is 20.2 Å². The zero-order chi connectivity index (χ0) is 16.8. The normalized spacial score (nSPS) is 16.6. The highest BCUT2D eigenvalue weighted by atomic mass is 16.7. The van der Waals surface area contributed by atoms with E-state index < -0.39 is 0 Å². The largest absolute Gasteiger partial charge is 0.454 e. The molecule has 25 heavy (non-hydrogen) atoms. The zero-order valence-corrected chi connectivity index (χ0v) is 13.7. The molecule has 0 radical (unpaired) electrons. The van der Waals surface area contributed by atoms with E-state index in [2.05, 4.69) is 20.1 Å². The molecule has 0 unspecified atom stereocenters. The fraction of sp³-hybridized carbons (Fsp3) is 0.353. The molecular weight excluding hydrogens is 320 g/mol. The van der Waals surface area contributed by atoms with Crippen molar-refractivity contribution < 1.29 is 9.47 Å². The number of hydrogen-bond acceptors (Lipinski definition) is 7. The molecule has 3 N–H and O–H groups in total. The maximum atomic E-state index is 6.06. The minimum atomic E-state index is 0.241. The highest BCUT2D eigenvalue weighted by molar-refractivity contribution is 5.98. The number of piperidine rings is 1. The lowest BCUT2D eigenvalue weighted by Gasteiger charge is -2.26. The van der Waals surface area contributed by atoms with Crippen LogP contribution in [0.3, 0.4) is 0 Å². The van der Waals surface area contributed by atoms with E-state index in [1.165, 1.54) is 6.42 Å². The summed E-state index contributed by atoms with van der Waals surface area (Å²) in [5.41, 5.74) is 8.38. The number of aromatic amines is 1. The summed E-state index contributed by atoms with van der Waals surface area (Å²) in [6.45, 7) is 2.18. The zero-order valence-electron chi connectivity index (χ0n) is 13.7. The van der Waals surface area contributed by atoms with Gasteiger partial charge in [0.1, 0.15) is 0 Å². The molecule has 4 heterocycles. The van der Waals surface area contributed by atoms with Gasteiger partial charge in [-0.1, -0.05) is 0 Å². The van der Waals surface area contributed by atoms with Crippen LogP contribution >= 0.6 is 0 Å². The van der Waals surface area contributed by atoms with Crippen LogP contribution in [-0.2, 0) is 0 Å². The molecule has 0 saturated carbocycles. The van der Waals surface area contributed by atoms with E-state index in [1.54, 1.807) is 0 Å². The van der Waals surface area contributed by atoms with Gasteiger partial charge in [-0.3, -0.25) is 5.10 Å². The Balaban J connectivity index is 1.68. The third-order valence-electron chi connectivity index (χ3n) is 4.72. The number of anilines is 2. The van der Waals surface area contributed by atoms with Crippen molar-refractivity contribution in [1.29, 1.82) is 0 Å². The Labute approximate surface area is 144 Å². The van der Waals surface area contributed by atoms with Crippen LogP contribution < -0.4 is 20.1 Å². The van der Waals surface area contributed by atoms with Crippen molar-refractivity contribution in [3.05, 3.63) is 18.2 Å². The van der Waals surface area contributed by atoms with Crippen LogP contribution in [-0.4, -0.2) is 40.0 Å². The topological polar surface area (TPSA) is 102 Å². The van der Waals surface area contributed by atoms with Gasteiger partial charge in [0.15, 0.2) is 23.0 Å².